The minimum Gasteiger partial charge on any atom is -0.478 e. The minimum absolute atomic E-state index is 0.335. The van der Waals surface area contributed by atoms with E-state index < -0.39 is 5.97 Å². The Hall–Kier alpha value is -1.55. The van der Waals surface area contributed by atoms with E-state index in [0.717, 1.165) is 30.8 Å². The van der Waals surface area contributed by atoms with Gasteiger partial charge in [0.2, 0.25) is 0 Å². The van der Waals surface area contributed by atoms with Crippen LogP contribution in [0.3, 0.4) is 0 Å². The van der Waals surface area contributed by atoms with Crippen LogP contribution in [0.4, 0.5) is 5.69 Å². The van der Waals surface area contributed by atoms with Gasteiger partial charge in [0, 0.05) is 12.2 Å². The van der Waals surface area contributed by atoms with Crippen LogP contribution in [0.15, 0.2) is 18.2 Å². The lowest BCUT2D eigenvalue weighted by Gasteiger charge is -2.12. The number of aryl methyl sites for hydroxylation is 1. The standard InChI is InChI=1S/C13H20N2O2/c1-10-9-11(13(16)17)5-6-12(10)14-7-4-8-15(2)3/h5-6,9,14H,4,7-8H2,1-3H3,(H,16,17). The molecule has 4 nitrogen and oxygen atoms in total. The molecule has 0 amide bonds. The summed E-state index contributed by atoms with van der Waals surface area (Å²) < 4.78 is 0. The predicted molar refractivity (Wildman–Crippen MR) is 69.8 cm³/mol. The van der Waals surface area contributed by atoms with Crippen molar-refractivity contribution in [2.45, 2.75) is 13.3 Å². The monoisotopic (exact) mass is 236 g/mol. The van der Waals surface area contributed by atoms with Gasteiger partial charge in [0.1, 0.15) is 0 Å². The lowest BCUT2D eigenvalue weighted by atomic mass is 10.1. The van der Waals surface area contributed by atoms with Crippen molar-refractivity contribution in [2.75, 3.05) is 32.5 Å². The molecule has 0 saturated heterocycles. The summed E-state index contributed by atoms with van der Waals surface area (Å²) in [7, 11) is 4.10. The quantitative estimate of drug-likeness (QED) is 0.742. The summed E-state index contributed by atoms with van der Waals surface area (Å²) in [5.41, 5.74) is 2.31. The zero-order chi connectivity index (χ0) is 12.8. The van der Waals surface area contributed by atoms with Gasteiger partial charge in [-0.15, -0.1) is 0 Å². The first-order valence-electron chi connectivity index (χ1n) is 5.73. The van der Waals surface area contributed by atoms with Gasteiger partial charge >= 0.3 is 5.97 Å². The van der Waals surface area contributed by atoms with Crippen molar-refractivity contribution in [3.8, 4) is 0 Å². The molecule has 1 aromatic carbocycles. The van der Waals surface area contributed by atoms with Gasteiger partial charge in [-0.05, 0) is 57.7 Å². The van der Waals surface area contributed by atoms with E-state index in [-0.39, 0.29) is 0 Å². The topological polar surface area (TPSA) is 52.6 Å². The van der Waals surface area contributed by atoms with Crippen molar-refractivity contribution in [2.24, 2.45) is 0 Å². The molecule has 0 heterocycles. The lowest BCUT2D eigenvalue weighted by Crippen LogP contribution is -2.16. The first kappa shape index (κ1) is 13.5. The van der Waals surface area contributed by atoms with Crippen LogP contribution in [0.5, 0.6) is 0 Å². The van der Waals surface area contributed by atoms with Crippen LogP contribution in [-0.2, 0) is 0 Å². The van der Waals surface area contributed by atoms with E-state index in [9.17, 15) is 4.79 Å². The summed E-state index contributed by atoms with van der Waals surface area (Å²) >= 11 is 0. The summed E-state index contributed by atoms with van der Waals surface area (Å²) in [6, 6.07) is 5.15. The van der Waals surface area contributed by atoms with Gasteiger partial charge in [-0.2, -0.15) is 0 Å². The van der Waals surface area contributed by atoms with Crippen molar-refractivity contribution < 1.29 is 9.90 Å². The van der Waals surface area contributed by atoms with Crippen molar-refractivity contribution in [3.63, 3.8) is 0 Å². The maximum atomic E-state index is 10.8. The number of carboxylic acids is 1. The van der Waals surface area contributed by atoms with E-state index in [1.165, 1.54) is 0 Å². The minimum atomic E-state index is -0.882. The van der Waals surface area contributed by atoms with Crippen molar-refractivity contribution in [1.29, 1.82) is 0 Å². The first-order valence-corrected chi connectivity index (χ1v) is 5.73. The van der Waals surface area contributed by atoms with Gasteiger partial charge in [-0.1, -0.05) is 0 Å². The Bertz CT molecular complexity index is 389. The van der Waals surface area contributed by atoms with Crippen molar-refractivity contribution >= 4 is 11.7 Å². The Morgan fingerprint density at radius 2 is 2.12 bits per heavy atom. The third-order valence-electron chi connectivity index (χ3n) is 2.57. The van der Waals surface area contributed by atoms with Gasteiger partial charge < -0.3 is 15.3 Å². The van der Waals surface area contributed by atoms with Gasteiger partial charge in [0.05, 0.1) is 5.56 Å². The number of carbonyl (C=O) groups is 1. The summed E-state index contributed by atoms with van der Waals surface area (Å²) in [5, 5.41) is 12.2. The van der Waals surface area contributed by atoms with Crippen LogP contribution in [0.2, 0.25) is 0 Å². The van der Waals surface area contributed by atoms with Crippen LogP contribution in [-0.4, -0.2) is 43.2 Å². The summed E-state index contributed by atoms with van der Waals surface area (Å²) in [6.07, 6.45) is 1.06. The average Bonchev–Trinajstić information content (AvgIpc) is 2.25. The fraction of sp³-hybridized carbons (Fsp3) is 0.462. The Balaban J connectivity index is 2.52. The number of nitrogens with one attached hydrogen (secondary N) is 1. The van der Waals surface area contributed by atoms with E-state index in [4.69, 9.17) is 5.11 Å². The molecule has 0 bridgehead atoms. The number of benzene rings is 1. The fourth-order valence-electron chi connectivity index (χ4n) is 1.61. The van der Waals surface area contributed by atoms with Crippen molar-refractivity contribution in [3.05, 3.63) is 29.3 Å². The Morgan fingerprint density at radius 3 is 2.65 bits per heavy atom. The SMILES string of the molecule is Cc1cc(C(=O)O)ccc1NCCCN(C)C. The third kappa shape index (κ3) is 4.44. The molecule has 0 aliphatic heterocycles. The number of carboxylic acid groups (broad SMARTS) is 1. The molecule has 17 heavy (non-hydrogen) atoms. The molecule has 0 unspecified atom stereocenters. The second kappa shape index (κ2) is 6.25. The van der Waals surface area contributed by atoms with Crippen LogP contribution in [0, 0.1) is 6.92 Å². The zero-order valence-corrected chi connectivity index (χ0v) is 10.7. The molecule has 0 atom stereocenters. The number of aromatic carboxylic acids is 1. The highest BCUT2D eigenvalue weighted by atomic mass is 16.4. The highest BCUT2D eigenvalue weighted by molar-refractivity contribution is 5.88. The molecule has 0 radical (unpaired) electrons. The molecular weight excluding hydrogens is 216 g/mol. The maximum Gasteiger partial charge on any atom is 0.335 e. The van der Waals surface area contributed by atoms with Crippen LogP contribution >= 0.6 is 0 Å². The van der Waals surface area contributed by atoms with E-state index in [1.54, 1.807) is 12.1 Å². The third-order valence-corrected chi connectivity index (χ3v) is 2.57. The van der Waals surface area contributed by atoms with Gasteiger partial charge in [0.25, 0.3) is 0 Å². The molecule has 0 aliphatic rings. The maximum absolute atomic E-state index is 10.8. The van der Waals surface area contributed by atoms with Gasteiger partial charge in [-0.25, -0.2) is 4.79 Å². The molecule has 0 aliphatic carbocycles. The average molecular weight is 236 g/mol. The molecule has 0 spiro atoms. The highest BCUT2D eigenvalue weighted by Gasteiger charge is 2.05. The lowest BCUT2D eigenvalue weighted by molar-refractivity contribution is 0.0697. The van der Waals surface area contributed by atoms with E-state index in [2.05, 4.69) is 10.2 Å². The second-order valence-corrected chi connectivity index (χ2v) is 4.42. The van der Waals surface area contributed by atoms with E-state index in [0.29, 0.717) is 5.56 Å². The largest absolute Gasteiger partial charge is 0.478 e. The van der Waals surface area contributed by atoms with Crippen LogP contribution in [0.1, 0.15) is 22.3 Å². The molecule has 1 rings (SSSR count). The normalized spacial score (nSPS) is 10.6. The Morgan fingerprint density at radius 1 is 1.41 bits per heavy atom. The highest BCUT2D eigenvalue weighted by Crippen LogP contribution is 2.16. The number of hydrogen-bond acceptors (Lipinski definition) is 3. The van der Waals surface area contributed by atoms with E-state index in [1.807, 2.05) is 27.1 Å². The number of nitrogens with zero attached hydrogens (tertiary/aromatic N) is 1. The first-order chi connectivity index (χ1) is 8.00. The number of rotatable bonds is 6. The van der Waals surface area contributed by atoms with E-state index >= 15 is 0 Å². The van der Waals surface area contributed by atoms with Crippen molar-refractivity contribution in [1.82, 2.24) is 4.90 Å². The molecular formula is C13H20N2O2. The van der Waals surface area contributed by atoms with Crippen LogP contribution < -0.4 is 5.32 Å². The number of anilines is 1. The Kier molecular flexibility index (Phi) is 4.97. The summed E-state index contributed by atoms with van der Waals surface area (Å²) in [5.74, 6) is -0.882. The molecule has 1 aromatic rings. The molecule has 94 valence electrons. The molecule has 2 N–H and O–H groups in total. The Labute approximate surface area is 102 Å². The number of hydrogen-bond donors (Lipinski definition) is 2. The predicted octanol–water partition coefficient (Wildman–Crippen LogP) is 2.06. The fourth-order valence-corrected chi connectivity index (χ4v) is 1.61. The second-order valence-electron chi connectivity index (χ2n) is 4.42. The molecule has 4 heteroatoms. The van der Waals surface area contributed by atoms with Gasteiger partial charge in [0.15, 0.2) is 0 Å². The van der Waals surface area contributed by atoms with Gasteiger partial charge in [-0.3, -0.25) is 0 Å². The zero-order valence-electron chi connectivity index (χ0n) is 10.7. The summed E-state index contributed by atoms with van der Waals surface area (Å²) in [4.78, 5) is 12.9. The summed E-state index contributed by atoms with van der Waals surface area (Å²) in [6.45, 7) is 3.85. The molecule has 0 fully saturated rings. The molecule has 0 aromatic heterocycles. The smallest absolute Gasteiger partial charge is 0.335 e. The molecule has 0 saturated carbocycles. The van der Waals surface area contributed by atoms with Crippen LogP contribution in [0.25, 0.3) is 0 Å².